The van der Waals surface area contributed by atoms with E-state index in [9.17, 15) is 9.18 Å². The molecule has 0 bridgehead atoms. The quantitative estimate of drug-likeness (QED) is 0.774. The molecule has 3 rings (SSSR count). The van der Waals surface area contributed by atoms with Gasteiger partial charge in [-0.05, 0) is 63.7 Å². The number of rotatable bonds is 7. The standard InChI is InChI=1S/C23H30FN3O2/c1-17-10-11-20(24)21(15-17)27-12-6-7-18(16-27)25-23(28)19-8-4-5-9-22(19)29-14-13-26(2)3/h4-5,8-11,15,18H,6-7,12-14,16H2,1-3H3,(H,25,28). The third-order valence-electron chi connectivity index (χ3n) is 5.13. The number of hydrogen-bond donors (Lipinski definition) is 1. The molecule has 156 valence electrons. The van der Waals surface area contributed by atoms with Crippen LogP contribution in [0.25, 0.3) is 0 Å². The van der Waals surface area contributed by atoms with Gasteiger partial charge in [-0.2, -0.15) is 0 Å². The predicted octanol–water partition coefficient (Wildman–Crippen LogP) is 3.47. The average molecular weight is 400 g/mol. The number of likely N-dealkylation sites (N-methyl/N-ethyl adjacent to an activating group) is 1. The molecule has 0 spiro atoms. The highest BCUT2D eigenvalue weighted by Crippen LogP contribution is 2.25. The first kappa shape index (κ1) is 21.1. The molecule has 1 heterocycles. The van der Waals surface area contributed by atoms with Crippen LogP contribution >= 0.6 is 0 Å². The molecule has 0 radical (unpaired) electrons. The van der Waals surface area contributed by atoms with Gasteiger partial charge in [-0.25, -0.2) is 4.39 Å². The van der Waals surface area contributed by atoms with Gasteiger partial charge in [0.1, 0.15) is 18.2 Å². The molecule has 5 nitrogen and oxygen atoms in total. The molecule has 1 amide bonds. The van der Waals surface area contributed by atoms with Gasteiger partial charge < -0.3 is 19.9 Å². The van der Waals surface area contributed by atoms with Crippen LogP contribution in [0, 0.1) is 12.7 Å². The normalized spacial score (nSPS) is 16.7. The third kappa shape index (κ3) is 5.70. The van der Waals surface area contributed by atoms with E-state index in [0.29, 0.717) is 30.2 Å². The summed E-state index contributed by atoms with van der Waals surface area (Å²) >= 11 is 0. The maximum Gasteiger partial charge on any atom is 0.255 e. The molecule has 1 fully saturated rings. The minimum atomic E-state index is -0.220. The zero-order chi connectivity index (χ0) is 20.8. The highest BCUT2D eigenvalue weighted by molar-refractivity contribution is 5.97. The van der Waals surface area contributed by atoms with Gasteiger partial charge in [0.05, 0.1) is 11.3 Å². The van der Waals surface area contributed by atoms with Gasteiger partial charge in [-0.3, -0.25) is 4.79 Å². The Bertz CT molecular complexity index is 841. The van der Waals surface area contributed by atoms with E-state index in [1.807, 2.05) is 55.1 Å². The molecule has 2 aromatic carbocycles. The van der Waals surface area contributed by atoms with Crippen molar-refractivity contribution in [2.45, 2.75) is 25.8 Å². The van der Waals surface area contributed by atoms with Crippen molar-refractivity contribution in [2.75, 3.05) is 45.2 Å². The lowest BCUT2D eigenvalue weighted by Gasteiger charge is -2.35. The van der Waals surface area contributed by atoms with Crippen LogP contribution in [0.5, 0.6) is 5.75 Å². The van der Waals surface area contributed by atoms with Crippen LogP contribution in [0.15, 0.2) is 42.5 Å². The predicted molar refractivity (Wildman–Crippen MR) is 114 cm³/mol. The first-order valence-electron chi connectivity index (χ1n) is 10.1. The van der Waals surface area contributed by atoms with E-state index >= 15 is 0 Å². The van der Waals surface area contributed by atoms with Crippen LogP contribution in [-0.2, 0) is 0 Å². The number of halogens is 1. The number of nitrogens with zero attached hydrogens (tertiary/aromatic N) is 2. The Kier molecular flexibility index (Phi) is 7.09. The van der Waals surface area contributed by atoms with Gasteiger partial charge in [0, 0.05) is 25.7 Å². The third-order valence-corrected chi connectivity index (χ3v) is 5.13. The first-order valence-corrected chi connectivity index (χ1v) is 10.1. The highest BCUT2D eigenvalue weighted by Gasteiger charge is 2.24. The Morgan fingerprint density at radius 2 is 2.07 bits per heavy atom. The van der Waals surface area contributed by atoms with Gasteiger partial charge in [0.25, 0.3) is 5.91 Å². The zero-order valence-electron chi connectivity index (χ0n) is 17.5. The molecular formula is C23H30FN3O2. The molecule has 6 heteroatoms. The Balaban J connectivity index is 1.65. The van der Waals surface area contributed by atoms with Crippen LogP contribution in [-0.4, -0.2) is 57.2 Å². The van der Waals surface area contributed by atoms with E-state index in [-0.39, 0.29) is 17.8 Å². The number of benzene rings is 2. The van der Waals surface area contributed by atoms with E-state index in [0.717, 1.165) is 31.5 Å². The Morgan fingerprint density at radius 3 is 2.86 bits per heavy atom. The number of carbonyl (C=O) groups is 1. The van der Waals surface area contributed by atoms with Crippen molar-refractivity contribution in [3.63, 3.8) is 0 Å². The van der Waals surface area contributed by atoms with Crippen molar-refractivity contribution >= 4 is 11.6 Å². The fraction of sp³-hybridized carbons (Fsp3) is 0.435. The van der Waals surface area contributed by atoms with Crippen molar-refractivity contribution in [2.24, 2.45) is 0 Å². The summed E-state index contributed by atoms with van der Waals surface area (Å²) in [4.78, 5) is 17.0. The molecule has 1 atom stereocenters. The second kappa shape index (κ2) is 9.74. The van der Waals surface area contributed by atoms with Gasteiger partial charge in [0.15, 0.2) is 0 Å². The maximum absolute atomic E-state index is 14.3. The molecule has 29 heavy (non-hydrogen) atoms. The molecule has 1 unspecified atom stereocenters. The number of ether oxygens (including phenoxy) is 1. The number of nitrogens with one attached hydrogen (secondary N) is 1. The molecule has 1 aliphatic rings. The van der Waals surface area contributed by atoms with Crippen LogP contribution in [0.3, 0.4) is 0 Å². The minimum Gasteiger partial charge on any atom is -0.491 e. The van der Waals surface area contributed by atoms with Gasteiger partial charge in [0.2, 0.25) is 0 Å². The average Bonchev–Trinajstić information content (AvgIpc) is 2.70. The van der Waals surface area contributed by atoms with E-state index in [2.05, 4.69) is 5.32 Å². The number of amides is 1. The van der Waals surface area contributed by atoms with Crippen LogP contribution in [0.2, 0.25) is 0 Å². The van der Waals surface area contributed by atoms with Crippen LogP contribution in [0.1, 0.15) is 28.8 Å². The Morgan fingerprint density at radius 1 is 1.28 bits per heavy atom. The summed E-state index contributed by atoms with van der Waals surface area (Å²) in [5.41, 5.74) is 2.16. The molecule has 0 aromatic heterocycles. The molecular weight excluding hydrogens is 369 g/mol. The topological polar surface area (TPSA) is 44.8 Å². The summed E-state index contributed by atoms with van der Waals surface area (Å²) in [6.07, 6.45) is 1.78. The number of piperidine rings is 1. The van der Waals surface area contributed by atoms with Crippen LogP contribution < -0.4 is 15.0 Å². The molecule has 1 aliphatic heterocycles. The first-order chi connectivity index (χ1) is 13.9. The number of anilines is 1. The van der Waals surface area contributed by atoms with Crippen molar-refractivity contribution in [1.29, 1.82) is 0 Å². The van der Waals surface area contributed by atoms with Gasteiger partial charge in [-0.15, -0.1) is 0 Å². The summed E-state index contributed by atoms with van der Waals surface area (Å²) < 4.78 is 20.1. The number of para-hydroxylation sites is 1. The van der Waals surface area contributed by atoms with E-state index in [4.69, 9.17) is 4.74 Å². The molecule has 0 saturated carbocycles. The second-order valence-corrected chi connectivity index (χ2v) is 7.86. The van der Waals surface area contributed by atoms with E-state index in [1.165, 1.54) is 6.07 Å². The summed E-state index contributed by atoms with van der Waals surface area (Å²) in [6.45, 7) is 4.63. The van der Waals surface area contributed by atoms with Gasteiger partial charge >= 0.3 is 0 Å². The fourth-order valence-electron chi connectivity index (χ4n) is 3.56. The highest BCUT2D eigenvalue weighted by atomic mass is 19.1. The summed E-state index contributed by atoms with van der Waals surface area (Å²) in [5.74, 6) is 0.216. The minimum absolute atomic E-state index is 0.0361. The second-order valence-electron chi connectivity index (χ2n) is 7.86. The summed E-state index contributed by atoms with van der Waals surface area (Å²) in [6, 6.07) is 12.4. The van der Waals surface area contributed by atoms with Crippen LogP contribution in [0.4, 0.5) is 10.1 Å². The monoisotopic (exact) mass is 399 g/mol. The summed E-state index contributed by atoms with van der Waals surface area (Å²) in [7, 11) is 3.96. The van der Waals surface area contributed by atoms with E-state index < -0.39 is 0 Å². The molecule has 1 N–H and O–H groups in total. The van der Waals surface area contributed by atoms with Gasteiger partial charge in [-0.1, -0.05) is 18.2 Å². The van der Waals surface area contributed by atoms with Crippen molar-refractivity contribution in [1.82, 2.24) is 10.2 Å². The SMILES string of the molecule is Cc1ccc(F)c(N2CCCC(NC(=O)c3ccccc3OCCN(C)C)C2)c1. The lowest BCUT2D eigenvalue weighted by Crippen LogP contribution is -2.48. The summed E-state index contributed by atoms with van der Waals surface area (Å²) in [5, 5.41) is 3.12. The molecule has 0 aliphatic carbocycles. The number of aryl methyl sites for hydroxylation is 1. The molecule has 1 saturated heterocycles. The zero-order valence-corrected chi connectivity index (χ0v) is 17.5. The fourth-order valence-corrected chi connectivity index (χ4v) is 3.56. The van der Waals surface area contributed by atoms with Crippen molar-refractivity contribution in [3.05, 3.63) is 59.4 Å². The number of hydrogen-bond acceptors (Lipinski definition) is 4. The smallest absolute Gasteiger partial charge is 0.255 e. The van der Waals surface area contributed by atoms with Crippen molar-refractivity contribution in [3.8, 4) is 5.75 Å². The van der Waals surface area contributed by atoms with Crippen molar-refractivity contribution < 1.29 is 13.9 Å². The maximum atomic E-state index is 14.3. The number of carbonyl (C=O) groups excluding carboxylic acids is 1. The Hall–Kier alpha value is -2.60. The largest absolute Gasteiger partial charge is 0.491 e. The van der Waals surface area contributed by atoms with E-state index in [1.54, 1.807) is 12.1 Å². The Labute approximate surface area is 172 Å². The molecule has 2 aromatic rings. The lowest BCUT2D eigenvalue weighted by molar-refractivity contribution is 0.0928. The lowest BCUT2D eigenvalue weighted by atomic mass is 10.0.